The Kier molecular flexibility index (Phi) is 3.36. The Morgan fingerprint density at radius 1 is 1.18 bits per heavy atom. The molecule has 1 saturated heterocycles. The van der Waals surface area contributed by atoms with E-state index in [1.54, 1.807) is 10.7 Å². The zero-order valence-corrected chi connectivity index (χ0v) is 12.6. The molecule has 0 aromatic carbocycles. The van der Waals surface area contributed by atoms with Crippen LogP contribution >= 0.6 is 0 Å². The molecule has 1 aromatic heterocycles. The number of aromatic nitrogens is 2. The smallest absolute Gasteiger partial charge is 0.266 e. The van der Waals surface area contributed by atoms with Crippen molar-refractivity contribution in [1.82, 2.24) is 14.7 Å². The number of allylic oxidation sites excluding steroid dienone is 2. The highest BCUT2D eigenvalue weighted by molar-refractivity contribution is 5.80. The summed E-state index contributed by atoms with van der Waals surface area (Å²) >= 11 is 0. The molecular formula is C17H21N3O2. The van der Waals surface area contributed by atoms with Crippen LogP contribution in [0.3, 0.4) is 0 Å². The van der Waals surface area contributed by atoms with Crippen LogP contribution in [-0.2, 0) is 11.3 Å². The van der Waals surface area contributed by atoms with Crippen LogP contribution in [0, 0.1) is 11.8 Å². The predicted molar refractivity (Wildman–Crippen MR) is 82.4 cm³/mol. The average Bonchev–Trinajstić information content (AvgIpc) is 3.18. The molecule has 1 aromatic rings. The van der Waals surface area contributed by atoms with Gasteiger partial charge in [0, 0.05) is 36.9 Å². The molecule has 0 atom stereocenters. The highest BCUT2D eigenvalue weighted by Crippen LogP contribution is 2.38. The van der Waals surface area contributed by atoms with E-state index in [9.17, 15) is 9.59 Å². The highest BCUT2D eigenvalue weighted by atomic mass is 16.2. The Morgan fingerprint density at radius 2 is 1.91 bits per heavy atom. The third kappa shape index (κ3) is 2.60. The number of amides is 1. The second-order valence-corrected chi connectivity index (χ2v) is 6.80. The monoisotopic (exact) mass is 299 g/mol. The Morgan fingerprint density at radius 3 is 2.59 bits per heavy atom. The number of hydrogen-bond acceptors (Lipinski definition) is 3. The number of carbonyl (C=O) groups is 1. The maximum absolute atomic E-state index is 12.2. The Bertz CT molecular complexity index is 661. The Balaban J connectivity index is 1.35. The van der Waals surface area contributed by atoms with Crippen molar-refractivity contribution in [3.8, 4) is 0 Å². The first-order valence-corrected chi connectivity index (χ1v) is 8.22. The summed E-state index contributed by atoms with van der Waals surface area (Å²) in [4.78, 5) is 26.1. The lowest BCUT2D eigenvalue weighted by Gasteiger charge is -2.40. The molecule has 1 amide bonds. The second-order valence-electron chi connectivity index (χ2n) is 6.80. The van der Waals surface area contributed by atoms with Crippen LogP contribution in [0.5, 0.6) is 0 Å². The summed E-state index contributed by atoms with van der Waals surface area (Å²) in [7, 11) is 0. The molecule has 3 aliphatic rings. The molecule has 5 heteroatoms. The van der Waals surface area contributed by atoms with Crippen LogP contribution in [0.2, 0.25) is 0 Å². The van der Waals surface area contributed by atoms with E-state index >= 15 is 0 Å². The van der Waals surface area contributed by atoms with Gasteiger partial charge >= 0.3 is 0 Å². The van der Waals surface area contributed by atoms with Gasteiger partial charge in [-0.25, -0.2) is 4.68 Å². The molecule has 0 radical (unpaired) electrons. The maximum atomic E-state index is 12.2. The number of carbonyl (C=O) groups excluding carboxylic acids is 1. The van der Waals surface area contributed by atoms with E-state index in [1.165, 1.54) is 12.8 Å². The minimum atomic E-state index is -0.0332. The summed E-state index contributed by atoms with van der Waals surface area (Å²) in [6, 6.07) is 3.49. The Hall–Kier alpha value is -1.91. The summed E-state index contributed by atoms with van der Waals surface area (Å²) in [6.45, 7) is 2.15. The van der Waals surface area contributed by atoms with Crippen LogP contribution in [0.25, 0.3) is 0 Å². The molecule has 22 heavy (non-hydrogen) atoms. The zero-order valence-electron chi connectivity index (χ0n) is 12.6. The minimum absolute atomic E-state index is 0.0332. The van der Waals surface area contributed by atoms with Gasteiger partial charge in [-0.3, -0.25) is 9.59 Å². The largest absolute Gasteiger partial charge is 0.342 e. The van der Waals surface area contributed by atoms with E-state index in [1.807, 2.05) is 11.0 Å². The Labute approximate surface area is 129 Å². The first kappa shape index (κ1) is 13.7. The molecule has 1 saturated carbocycles. The molecule has 4 rings (SSSR count). The SMILES string of the molecule is O=C(C1CC=CC1)N1CC(Cn2nc(C3CC3)ccc2=O)C1. The van der Waals surface area contributed by atoms with E-state index in [4.69, 9.17) is 0 Å². The third-order valence-electron chi connectivity index (χ3n) is 4.94. The summed E-state index contributed by atoms with van der Waals surface area (Å²) in [6.07, 6.45) is 8.31. The highest BCUT2D eigenvalue weighted by Gasteiger charge is 2.35. The lowest BCUT2D eigenvalue weighted by Crippen LogP contribution is -2.53. The summed E-state index contributed by atoms with van der Waals surface area (Å²) in [5, 5.41) is 4.49. The molecular weight excluding hydrogens is 278 g/mol. The number of likely N-dealkylation sites (tertiary alicyclic amines) is 1. The summed E-state index contributed by atoms with van der Waals surface area (Å²) < 4.78 is 1.59. The maximum Gasteiger partial charge on any atom is 0.266 e. The third-order valence-corrected chi connectivity index (χ3v) is 4.94. The molecule has 5 nitrogen and oxygen atoms in total. The van der Waals surface area contributed by atoms with Crippen molar-refractivity contribution in [3.63, 3.8) is 0 Å². The lowest BCUT2D eigenvalue weighted by molar-refractivity contribution is -0.142. The normalized spacial score (nSPS) is 22.1. The van der Waals surface area contributed by atoms with Crippen LogP contribution in [0.4, 0.5) is 0 Å². The van der Waals surface area contributed by atoms with Crippen LogP contribution < -0.4 is 5.56 Å². The van der Waals surface area contributed by atoms with E-state index in [0.29, 0.717) is 18.4 Å². The quantitative estimate of drug-likeness (QED) is 0.793. The van der Waals surface area contributed by atoms with Gasteiger partial charge in [0.05, 0.1) is 12.2 Å². The van der Waals surface area contributed by atoms with Gasteiger partial charge in [0.2, 0.25) is 5.91 Å². The van der Waals surface area contributed by atoms with E-state index in [-0.39, 0.29) is 17.4 Å². The van der Waals surface area contributed by atoms with Gasteiger partial charge in [0.25, 0.3) is 5.56 Å². The van der Waals surface area contributed by atoms with Gasteiger partial charge < -0.3 is 4.90 Å². The number of hydrogen-bond donors (Lipinski definition) is 0. The van der Waals surface area contributed by atoms with E-state index in [0.717, 1.165) is 31.6 Å². The van der Waals surface area contributed by atoms with Crippen molar-refractivity contribution < 1.29 is 4.79 Å². The minimum Gasteiger partial charge on any atom is -0.342 e. The fourth-order valence-electron chi connectivity index (χ4n) is 3.38. The summed E-state index contributed by atoms with van der Waals surface area (Å²) in [5.41, 5.74) is 1.01. The zero-order chi connectivity index (χ0) is 15.1. The standard InChI is InChI=1S/C17H21N3O2/c21-16-8-7-15(13-5-6-13)18-20(16)11-12-9-19(10-12)17(22)14-3-1-2-4-14/h1-2,7-8,12-14H,3-6,9-11H2. The topological polar surface area (TPSA) is 55.2 Å². The lowest BCUT2D eigenvalue weighted by atomic mass is 9.96. The number of nitrogens with zero attached hydrogens (tertiary/aromatic N) is 3. The van der Waals surface area contributed by atoms with Crippen LogP contribution in [0.1, 0.15) is 37.3 Å². The molecule has 116 valence electrons. The first-order chi connectivity index (χ1) is 10.7. The molecule has 2 heterocycles. The fourth-order valence-corrected chi connectivity index (χ4v) is 3.38. The molecule has 2 fully saturated rings. The van der Waals surface area contributed by atoms with Crippen molar-refractivity contribution in [3.05, 3.63) is 40.3 Å². The number of rotatable bonds is 4. The van der Waals surface area contributed by atoms with Gasteiger partial charge in [-0.2, -0.15) is 5.10 Å². The molecule has 0 bridgehead atoms. The molecule has 0 N–H and O–H groups in total. The average molecular weight is 299 g/mol. The predicted octanol–water partition coefficient (Wildman–Crippen LogP) is 1.55. The molecule has 0 unspecified atom stereocenters. The van der Waals surface area contributed by atoms with Crippen LogP contribution in [0.15, 0.2) is 29.1 Å². The van der Waals surface area contributed by atoms with Gasteiger partial charge in [-0.15, -0.1) is 0 Å². The van der Waals surface area contributed by atoms with Crippen molar-refractivity contribution in [2.75, 3.05) is 13.1 Å². The van der Waals surface area contributed by atoms with Gasteiger partial charge in [-0.05, 0) is 31.7 Å². The van der Waals surface area contributed by atoms with E-state index in [2.05, 4.69) is 17.3 Å². The summed E-state index contributed by atoms with van der Waals surface area (Å²) in [5.74, 6) is 1.34. The molecule has 2 aliphatic carbocycles. The van der Waals surface area contributed by atoms with Crippen LogP contribution in [-0.4, -0.2) is 33.7 Å². The van der Waals surface area contributed by atoms with Gasteiger partial charge in [-0.1, -0.05) is 12.2 Å². The van der Waals surface area contributed by atoms with Crippen molar-refractivity contribution in [2.45, 2.75) is 38.1 Å². The van der Waals surface area contributed by atoms with Crippen molar-refractivity contribution in [2.24, 2.45) is 11.8 Å². The van der Waals surface area contributed by atoms with Gasteiger partial charge in [0.1, 0.15) is 0 Å². The van der Waals surface area contributed by atoms with E-state index < -0.39 is 0 Å². The van der Waals surface area contributed by atoms with Crippen molar-refractivity contribution >= 4 is 5.91 Å². The first-order valence-electron chi connectivity index (χ1n) is 8.22. The van der Waals surface area contributed by atoms with Crippen molar-refractivity contribution in [1.29, 1.82) is 0 Å². The fraction of sp³-hybridized carbons (Fsp3) is 0.588. The second kappa shape index (κ2) is 5.38. The molecule has 0 spiro atoms. The van der Waals surface area contributed by atoms with Gasteiger partial charge in [0.15, 0.2) is 0 Å². The molecule has 1 aliphatic heterocycles.